The molecule has 0 unspecified atom stereocenters. The molecule has 1 aromatic carbocycles. The van der Waals surface area contributed by atoms with Gasteiger partial charge in [0.1, 0.15) is 0 Å². The zero-order chi connectivity index (χ0) is 13.2. The van der Waals surface area contributed by atoms with Gasteiger partial charge in [-0.15, -0.1) is 11.8 Å². The minimum absolute atomic E-state index is 0.0180. The number of para-hydroxylation sites is 1. The highest BCUT2D eigenvalue weighted by atomic mass is 32.2. The molecule has 4 nitrogen and oxygen atoms in total. The van der Waals surface area contributed by atoms with Gasteiger partial charge in [0, 0.05) is 24.7 Å². The topological polar surface area (TPSA) is 38.1 Å². The summed E-state index contributed by atoms with van der Waals surface area (Å²) in [5.74, 6) is 1.03. The summed E-state index contributed by atoms with van der Waals surface area (Å²) in [7, 11) is 1.82. The Bertz CT molecular complexity index is 608. The highest BCUT2D eigenvalue weighted by Crippen LogP contribution is 2.34. The van der Waals surface area contributed by atoms with Gasteiger partial charge in [0.15, 0.2) is 5.69 Å². The first-order valence-electron chi connectivity index (χ1n) is 6.29. The standard InChI is InChI=1S/C14H15N3OS/c1-16-9-7-11(15-16)14(18)17-8-4-10-19-13-6-3-2-5-12(13)17/h2-3,5-7,9H,4,8,10H2,1H3. The first kappa shape index (κ1) is 12.3. The molecular weight excluding hydrogens is 258 g/mol. The number of aromatic nitrogens is 2. The van der Waals surface area contributed by atoms with E-state index in [-0.39, 0.29) is 5.91 Å². The normalized spacial score (nSPS) is 14.9. The van der Waals surface area contributed by atoms with Gasteiger partial charge < -0.3 is 4.90 Å². The van der Waals surface area contributed by atoms with Gasteiger partial charge in [0.05, 0.1) is 5.69 Å². The van der Waals surface area contributed by atoms with Gasteiger partial charge in [0.25, 0.3) is 5.91 Å². The highest BCUT2D eigenvalue weighted by Gasteiger charge is 2.23. The molecular formula is C14H15N3OS. The van der Waals surface area contributed by atoms with E-state index in [1.165, 1.54) is 4.90 Å². The van der Waals surface area contributed by atoms with Crippen LogP contribution in [0, 0.1) is 0 Å². The van der Waals surface area contributed by atoms with Crippen LogP contribution in [0.2, 0.25) is 0 Å². The molecule has 0 saturated heterocycles. The molecule has 0 spiro atoms. The van der Waals surface area contributed by atoms with E-state index in [0.717, 1.165) is 24.4 Å². The second-order valence-electron chi connectivity index (χ2n) is 4.50. The van der Waals surface area contributed by atoms with Crippen molar-refractivity contribution in [3.63, 3.8) is 0 Å². The predicted molar refractivity (Wildman–Crippen MR) is 76.7 cm³/mol. The quantitative estimate of drug-likeness (QED) is 0.801. The maximum atomic E-state index is 12.6. The molecule has 1 amide bonds. The highest BCUT2D eigenvalue weighted by molar-refractivity contribution is 7.99. The Hall–Kier alpha value is -1.75. The lowest BCUT2D eigenvalue weighted by Crippen LogP contribution is -2.32. The minimum atomic E-state index is -0.0180. The van der Waals surface area contributed by atoms with Crippen molar-refractivity contribution < 1.29 is 4.79 Å². The summed E-state index contributed by atoms with van der Waals surface area (Å²) in [5, 5.41) is 4.21. The fourth-order valence-electron chi connectivity index (χ4n) is 2.21. The molecule has 0 bridgehead atoms. The smallest absolute Gasteiger partial charge is 0.278 e. The van der Waals surface area contributed by atoms with E-state index in [1.807, 2.05) is 41.9 Å². The summed E-state index contributed by atoms with van der Waals surface area (Å²) >= 11 is 1.81. The van der Waals surface area contributed by atoms with Crippen LogP contribution >= 0.6 is 11.8 Å². The fourth-order valence-corrected chi connectivity index (χ4v) is 3.20. The van der Waals surface area contributed by atoms with E-state index in [1.54, 1.807) is 16.9 Å². The third-order valence-electron chi connectivity index (χ3n) is 3.12. The van der Waals surface area contributed by atoms with Crippen LogP contribution in [-0.2, 0) is 7.05 Å². The predicted octanol–water partition coefficient (Wildman–Crippen LogP) is 2.56. The average molecular weight is 273 g/mol. The van der Waals surface area contributed by atoms with Gasteiger partial charge in [-0.3, -0.25) is 9.48 Å². The summed E-state index contributed by atoms with van der Waals surface area (Å²) in [5.41, 5.74) is 1.50. The number of thioether (sulfide) groups is 1. The van der Waals surface area contributed by atoms with Crippen LogP contribution < -0.4 is 4.90 Å². The Balaban J connectivity index is 1.98. The Morgan fingerprint density at radius 2 is 2.16 bits per heavy atom. The maximum Gasteiger partial charge on any atom is 0.278 e. The van der Waals surface area contributed by atoms with E-state index in [0.29, 0.717) is 5.69 Å². The lowest BCUT2D eigenvalue weighted by Gasteiger charge is -2.21. The third kappa shape index (κ3) is 2.38. The zero-order valence-corrected chi connectivity index (χ0v) is 11.6. The van der Waals surface area contributed by atoms with E-state index in [2.05, 4.69) is 11.2 Å². The van der Waals surface area contributed by atoms with Gasteiger partial charge in [-0.25, -0.2) is 0 Å². The van der Waals surface area contributed by atoms with Crippen LogP contribution in [0.4, 0.5) is 5.69 Å². The summed E-state index contributed by atoms with van der Waals surface area (Å²) in [6.45, 7) is 0.749. The molecule has 0 aliphatic carbocycles. The summed E-state index contributed by atoms with van der Waals surface area (Å²) < 4.78 is 1.66. The number of amides is 1. The minimum Gasteiger partial charge on any atom is -0.306 e. The molecule has 2 aromatic rings. The Kier molecular flexibility index (Phi) is 3.29. The van der Waals surface area contributed by atoms with Gasteiger partial charge in [0.2, 0.25) is 0 Å². The van der Waals surface area contributed by atoms with Crippen molar-refractivity contribution in [2.75, 3.05) is 17.2 Å². The summed E-state index contributed by atoms with van der Waals surface area (Å²) in [4.78, 5) is 15.6. The van der Waals surface area contributed by atoms with E-state index in [4.69, 9.17) is 0 Å². The van der Waals surface area contributed by atoms with Crippen molar-refractivity contribution in [3.05, 3.63) is 42.2 Å². The number of carbonyl (C=O) groups excluding carboxylic acids is 1. The Morgan fingerprint density at radius 1 is 1.32 bits per heavy atom. The lowest BCUT2D eigenvalue weighted by molar-refractivity contribution is 0.0981. The molecule has 0 atom stereocenters. The molecule has 0 radical (unpaired) electrons. The summed E-state index contributed by atoms with van der Waals surface area (Å²) in [6.07, 6.45) is 2.80. The molecule has 5 heteroatoms. The molecule has 1 aliphatic heterocycles. The molecule has 19 heavy (non-hydrogen) atoms. The van der Waals surface area contributed by atoms with Gasteiger partial charge in [-0.1, -0.05) is 12.1 Å². The maximum absolute atomic E-state index is 12.6. The molecule has 0 fully saturated rings. The molecule has 0 N–H and O–H groups in total. The number of hydrogen-bond donors (Lipinski definition) is 0. The number of nitrogens with zero attached hydrogens (tertiary/aromatic N) is 3. The van der Waals surface area contributed by atoms with Crippen LogP contribution in [0.1, 0.15) is 16.9 Å². The molecule has 3 rings (SSSR count). The number of carbonyl (C=O) groups is 1. The van der Waals surface area contributed by atoms with Crippen LogP contribution in [0.25, 0.3) is 0 Å². The molecule has 98 valence electrons. The molecule has 0 saturated carbocycles. The number of rotatable bonds is 1. The first-order valence-corrected chi connectivity index (χ1v) is 7.27. The fraction of sp³-hybridized carbons (Fsp3) is 0.286. The summed E-state index contributed by atoms with van der Waals surface area (Å²) in [6, 6.07) is 9.84. The number of benzene rings is 1. The van der Waals surface area contributed by atoms with Gasteiger partial charge >= 0.3 is 0 Å². The van der Waals surface area contributed by atoms with Crippen molar-refractivity contribution in [3.8, 4) is 0 Å². The molecule has 1 aromatic heterocycles. The van der Waals surface area contributed by atoms with Crippen molar-refractivity contribution >= 4 is 23.4 Å². The van der Waals surface area contributed by atoms with Crippen molar-refractivity contribution in [1.82, 2.24) is 9.78 Å². The number of anilines is 1. The van der Waals surface area contributed by atoms with Crippen molar-refractivity contribution in [1.29, 1.82) is 0 Å². The molecule has 2 heterocycles. The van der Waals surface area contributed by atoms with Crippen molar-refractivity contribution in [2.45, 2.75) is 11.3 Å². The SMILES string of the molecule is Cn1ccc(C(=O)N2CCCSc3ccccc32)n1. The Morgan fingerprint density at radius 3 is 2.95 bits per heavy atom. The third-order valence-corrected chi connectivity index (χ3v) is 4.27. The number of fused-ring (bicyclic) bond motifs is 1. The van der Waals surface area contributed by atoms with Crippen LogP contribution in [-0.4, -0.2) is 28.0 Å². The van der Waals surface area contributed by atoms with E-state index in [9.17, 15) is 4.79 Å². The zero-order valence-electron chi connectivity index (χ0n) is 10.7. The first-order chi connectivity index (χ1) is 9.25. The monoisotopic (exact) mass is 273 g/mol. The second kappa shape index (κ2) is 5.09. The number of hydrogen-bond acceptors (Lipinski definition) is 3. The van der Waals surface area contributed by atoms with Gasteiger partial charge in [-0.2, -0.15) is 5.10 Å². The lowest BCUT2D eigenvalue weighted by atomic mass is 10.2. The van der Waals surface area contributed by atoms with E-state index >= 15 is 0 Å². The number of aryl methyl sites for hydroxylation is 1. The Labute approximate surface area is 116 Å². The van der Waals surface area contributed by atoms with Crippen LogP contribution in [0.15, 0.2) is 41.4 Å². The van der Waals surface area contributed by atoms with Crippen LogP contribution in [0.5, 0.6) is 0 Å². The largest absolute Gasteiger partial charge is 0.306 e. The van der Waals surface area contributed by atoms with E-state index < -0.39 is 0 Å². The van der Waals surface area contributed by atoms with Crippen molar-refractivity contribution in [2.24, 2.45) is 7.05 Å². The molecule has 1 aliphatic rings. The average Bonchev–Trinajstić information content (AvgIpc) is 2.74. The van der Waals surface area contributed by atoms with Gasteiger partial charge in [-0.05, 0) is 30.4 Å². The van der Waals surface area contributed by atoms with Crippen LogP contribution in [0.3, 0.4) is 0 Å². The second-order valence-corrected chi connectivity index (χ2v) is 5.64.